The summed E-state index contributed by atoms with van der Waals surface area (Å²) in [5.74, 6) is 1.22. The summed E-state index contributed by atoms with van der Waals surface area (Å²) in [5.41, 5.74) is 2.44. The minimum Gasteiger partial charge on any atom is -0.352 e. The number of rotatable bonds is 5. The van der Waals surface area contributed by atoms with Crippen LogP contribution in [0.3, 0.4) is 0 Å². The molecule has 2 aromatic rings. The zero-order chi connectivity index (χ0) is 14.7. The number of aryl methyl sites for hydroxylation is 2. The van der Waals surface area contributed by atoms with Crippen molar-refractivity contribution in [3.8, 4) is 0 Å². The number of nitrogens with zero attached hydrogens (tertiary/aromatic N) is 3. The Labute approximate surface area is 123 Å². The quantitative estimate of drug-likeness (QED) is 0.859. The maximum Gasteiger partial charge on any atom is 0.240 e. The normalized spacial score (nSPS) is 11.2. The molecule has 0 saturated heterocycles. The molecule has 108 valence electrons. The first kappa shape index (κ1) is 14.8. The predicted molar refractivity (Wildman–Crippen MR) is 80.0 cm³/mol. The number of amides is 1. The van der Waals surface area contributed by atoms with E-state index < -0.39 is 0 Å². The molecule has 0 aliphatic heterocycles. The van der Waals surface area contributed by atoms with Gasteiger partial charge < -0.3 is 9.88 Å². The van der Waals surface area contributed by atoms with E-state index in [2.05, 4.69) is 15.3 Å². The van der Waals surface area contributed by atoms with Crippen molar-refractivity contribution in [2.75, 3.05) is 5.88 Å². The number of nitrogens with one attached hydrogen (secondary N) is 1. The number of hydrogen-bond acceptors (Lipinski definition) is 3. The van der Waals surface area contributed by atoms with Crippen LogP contribution in [0.25, 0.3) is 11.2 Å². The maximum atomic E-state index is 12.0. The highest BCUT2D eigenvalue weighted by Gasteiger charge is 2.15. The molecule has 1 amide bonds. The van der Waals surface area contributed by atoms with Gasteiger partial charge in [0.15, 0.2) is 5.65 Å². The molecule has 20 heavy (non-hydrogen) atoms. The predicted octanol–water partition coefficient (Wildman–Crippen LogP) is 2.05. The Morgan fingerprint density at radius 3 is 2.80 bits per heavy atom. The SMILES string of the molecule is Cc1ccc2nc(CCCl)n(CC(=O)NC(C)C)c2n1. The molecule has 2 aromatic heterocycles. The molecule has 1 N–H and O–H groups in total. The Morgan fingerprint density at radius 2 is 2.15 bits per heavy atom. The van der Waals surface area contributed by atoms with Crippen LogP contribution in [-0.4, -0.2) is 32.4 Å². The Bertz CT molecular complexity index is 621. The second-order valence-electron chi connectivity index (χ2n) is 5.07. The highest BCUT2D eigenvalue weighted by molar-refractivity contribution is 6.17. The van der Waals surface area contributed by atoms with E-state index in [1.165, 1.54) is 0 Å². The molecule has 0 saturated carbocycles. The van der Waals surface area contributed by atoms with Crippen LogP contribution in [0, 0.1) is 6.92 Å². The third kappa shape index (κ3) is 3.28. The van der Waals surface area contributed by atoms with Crippen molar-refractivity contribution >= 4 is 28.7 Å². The molecule has 5 nitrogen and oxygen atoms in total. The lowest BCUT2D eigenvalue weighted by Gasteiger charge is -2.11. The van der Waals surface area contributed by atoms with E-state index in [-0.39, 0.29) is 18.5 Å². The molecule has 2 rings (SSSR count). The largest absolute Gasteiger partial charge is 0.352 e. The third-order valence-corrected chi connectivity index (χ3v) is 3.07. The van der Waals surface area contributed by atoms with Crippen molar-refractivity contribution < 1.29 is 4.79 Å². The molecule has 0 fully saturated rings. The summed E-state index contributed by atoms with van der Waals surface area (Å²) in [4.78, 5) is 21.0. The number of halogens is 1. The number of fused-ring (bicyclic) bond motifs is 1. The minimum atomic E-state index is -0.0431. The Balaban J connectivity index is 2.39. The average molecular weight is 295 g/mol. The summed E-state index contributed by atoms with van der Waals surface area (Å²) in [5, 5.41) is 2.88. The molecular weight excluding hydrogens is 276 g/mol. The molecular formula is C14H19ClN4O. The van der Waals surface area contributed by atoms with Crippen LogP contribution in [0.15, 0.2) is 12.1 Å². The van der Waals surface area contributed by atoms with E-state index in [0.29, 0.717) is 12.3 Å². The molecule has 0 spiro atoms. The summed E-state index contributed by atoms with van der Waals surface area (Å²) >= 11 is 5.81. The van der Waals surface area contributed by atoms with Crippen molar-refractivity contribution in [2.24, 2.45) is 0 Å². The Kier molecular flexibility index (Phi) is 4.60. The number of carbonyl (C=O) groups excluding carboxylic acids is 1. The van der Waals surface area contributed by atoms with Crippen LogP contribution in [0.2, 0.25) is 0 Å². The zero-order valence-corrected chi connectivity index (χ0v) is 12.7. The highest BCUT2D eigenvalue weighted by atomic mass is 35.5. The van der Waals surface area contributed by atoms with E-state index in [9.17, 15) is 4.79 Å². The summed E-state index contributed by atoms with van der Waals surface area (Å²) < 4.78 is 1.85. The summed E-state index contributed by atoms with van der Waals surface area (Å²) in [7, 11) is 0. The lowest BCUT2D eigenvalue weighted by molar-refractivity contribution is -0.122. The number of imidazole rings is 1. The maximum absolute atomic E-state index is 12.0. The summed E-state index contributed by atoms with van der Waals surface area (Å²) in [6.45, 7) is 6.02. The van der Waals surface area contributed by atoms with Gasteiger partial charge in [-0.3, -0.25) is 4.79 Å². The van der Waals surface area contributed by atoms with Crippen LogP contribution in [0.5, 0.6) is 0 Å². The molecule has 0 aliphatic carbocycles. The van der Waals surface area contributed by atoms with Gasteiger partial charge in [0.2, 0.25) is 5.91 Å². The van der Waals surface area contributed by atoms with E-state index in [1.54, 1.807) is 0 Å². The highest BCUT2D eigenvalue weighted by Crippen LogP contribution is 2.15. The molecule has 0 aliphatic rings. The minimum absolute atomic E-state index is 0.0431. The van der Waals surface area contributed by atoms with Gasteiger partial charge in [-0.2, -0.15) is 0 Å². The van der Waals surface area contributed by atoms with Gasteiger partial charge in [-0.05, 0) is 32.9 Å². The molecule has 6 heteroatoms. The van der Waals surface area contributed by atoms with Crippen LogP contribution in [0.1, 0.15) is 25.4 Å². The van der Waals surface area contributed by atoms with Crippen LogP contribution >= 0.6 is 11.6 Å². The molecule has 0 atom stereocenters. The number of pyridine rings is 1. The number of carbonyl (C=O) groups is 1. The first-order valence-electron chi connectivity index (χ1n) is 6.69. The standard InChI is InChI=1S/C14H19ClN4O/c1-9(2)16-13(20)8-19-12(6-7-15)18-11-5-4-10(3)17-14(11)19/h4-5,9H,6-8H2,1-3H3,(H,16,20). The van der Waals surface area contributed by atoms with Gasteiger partial charge in [0, 0.05) is 24.0 Å². The zero-order valence-electron chi connectivity index (χ0n) is 12.0. The van der Waals surface area contributed by atoms with Crippen molar-refractivity contribution in [1.29, 1.82) is 0 Å². The first-order valence-corrected chi connectivity index (χ1v) is 7.22. The van der Waals surface area contributed by atoms with Crippen LogP contribution in [0.4, 0.5) is 0 Å². The van der Waals surface area contributed by atoms with Gasteiger partial charge in [-0.1, -0.05) is 0 Å². The van der Waals surface area contributed by atoms with Crippen molar-refractivity contribution in [1.82, 2.24) is 19.9 Å². The van der Waals surface area contributed by atoms with Crippen LogP contribution < -0.4 is 5.32 Å². The second-order valence-corrected chi connectivity index (χ2v) is 5.45. The van der Waals surface area contributed by atoms with Gasteiger partial charge in [-0.15, -0.1) is 11.6 Å². The number of alkyl halides is 1. The molecule has 2 heterocycles. The monoisotopic (exact) mass is 294 g/mol. The lowest BCUT2D eigenvalue weighted by Crippen LogP contribution is -2.33. The lowest BCUT2D eigenvalue weighted by atomic mass is 10.3. The molecule has 0 unspecified atom stereocenters. The van der Waals surface area contributed by atoms with Gasteiger partial charge in [0.05, 0.1) is 0 Å². The number of hydrogen-bond donors (Lipinski definition) is 1. The molecule has 0 bridgehead atoms. The Morgan fingerprint density at radius 1 is 1.40 bits per heavy atom. The average Bonchev–Trinajstić information content (AvgIpc) is 2.67. The van der Waals surface area contributed by atoms with Crippen molar-refractivity contribution in [3.05, 3.63) is 23.7 Å². The fraction of sp³-hybridized carbons (Fsp3) is 0.500. The Hall–Kier alpha value is -1.62. The number of aromatic nitrogens is 3. The first-order chi connectivity index (χ1) is 9.51. The third-order valence-electron chi connectivity index (χ3n) is 2.88. The van der Waals surface area contributed by atoms with Gasteiger partial charge in [0.1, 0.15) is 17.9 Å². The van der Waals surface area contributed by atoms with E-state index in [0.717, 1.165) is 22.7 Å². The van der Waals surface area contributed by atoms with Gasteiger partial charge in [0.25, 0.3) is 0 Å². The van der Waals surface area contributed by atoms with Gasteiger partial charge in [-0.25, -0.2) is 9.97 Å². The summed E-state index contributed by atoms with van der Waals surface area (Å²) in [6.07, 6.45) is 0.617. The van der Waals surface area contributed by atoms with E-state index >= 15 is 0 Å². The topological polar surface area (TPSA) is 59.8 Å². The molecule has 0 radical (unpaired) electrons. The fourth-order valence-electron chi connectivity index (χ4n) is 2.10. The van der Waals surface area contributed by atoms with Crippen LogP contribution in [-0.2, 0) is 17.8 Å². The van der Waals surface area contributed by atoms with E-state index in [4.69, 9.17) is 11.6 Å². The summed E-state index contributed by atoms with van der Waals surface area (Å²) in [6, 6.07) is 3.95. The molecule has 0 aromatic carbocycles. The van der Waals surface area contributed by atoms with Crippen molar-refractivity contribution in [2.45, 2.75) is 39.8 Å². The van der Waals surface area contributed by atoms with E-state index in [1.807, 2.05) is 37.5 Å². The smallest absolute Gasteiger partial charge is 0.240 e. The van der Waals surface area contributed by atoms with Crippen molar-refractivity contribution in [3.63, 3.8) is 0 Å². The second kappa shape index (κ2) is 6.22. The van der Waals surface area contributed by atoms with Gasteiger partial charge >= 0.3 is 0 Å². The fourth-order valence-corrected chi connectivity index (χ4v) is 2.26.